The van der Waals surface area contributed by atoms with E-state index in [2.05, 4.69) is 11.9 Å². The SMILES string of the molecule is C=C(NC(=O)c1ccc(OC(C)=O)cc1)S/C=C(\N)SC. The Morgan fingerprint density at radius 3 is 2.48 bits per heavy atom. The number of nitrogens with one attached hydrogen (secondary N) is 1. The molecule has 0 aliphatic carbocycles. The summed E-state index contributed by atoms with van der Waals surface area (Å²) >= 11 is 2.65. The molecule has 3 N–H and O–H groups in total. The van der Waals surface area contributed by atoms with E-state index in [1.807, 2.05) is 6.26 Å². The highest BCUT2D eigenvalue weighted by Gasteiger charge is 2.07. The van der Waals surface area contributed by atoms with Crippen molar-refractivity contribution < 1.29 is 14.3 Å². The van der Waals surface area contributed by atoms with Crippen molar-refractivity contribution in [1.29, 1.82) is 0 Å². The maximum Gasteiger partial charge on any atom is 0.308 e. The summed E-state index contributed by atoms with van der Waals surface area (Å²) < 4.78 is 4.89. The number of carbonyl (C=O) groups excluding carboxylic acids is 2. The Hall–Kier alpha value is -1.86. The molecule has 0 unspecified atom stereocenters. The standard InChI is InChI=1S/C14H16N2O3S2/c1-9(21-8-13(15)20-3)16-14(18)11-4-6-12(7-5-11)19-10(2)17/h4-8H,1,15H2,2-3H3,(H,16,18)/b13-8+. The maximum atomic E-state index is 12.0. The molecule has 1 amide bonds. The van der Waals surface area contributed by atoms with Gasteiger partial charge in [-0.3, -0.25) is 9.59 Å². The van der Waals surface area contributed by atoms with Crippen molar-refractivity contribution in [2.24, 2.45) is 5.73 Å². The van der Waals surface area contributed by atoms with E-state index in [0.717, 1.165) is 0 Å². The lowest BCUT2D eigenvalue weighted by Crippen LogP contribution is -2.20. The van der Waals surface area contributed by atoms with Gasteiger partial charge < -0.3 is 15.8 Å². The van der Waals surface area contributed by atoms with Crippen molar-refractivity contribution in [3.05, 3.63) is 51.9 Å². The molecule has 0 fully saturated rings. The van der Waals surface area contributed by atoms with Crippen LogP contribution in [0.3, 0.4) is 0 Å². The Morgan fingerprint density at radius 1 is 1.33 bits per heavy atom. The number of hydrogen-bond donors (Lipinski definition) is 2. The first-order valence-electron chi connectivity index (χ1n) is 5.87. The van der Waals surface area contributed by atoms with Crippen LogP contribution in [-0.2, 0) is 4.79 Å². The average molecular weight is 324 g/mol. The number of esters is 1. The smallest absolute Gasteiger partial charge is 0.308 e. The van der Waals surface area contributed by atoms with E-state index in [9.17, 15) is 9.59 Å². The third kappa shape index (κ3) is 6.42. The van der Waals surface area contributed by atoms with E-state index in [0.29, 0.717) is 21.4 Å². The molecule has 0 saturated heterocycles. The molecule has 0 aromatic heterocycles. The summed E-state index contributed by atoms with van der Waals surface area (Å²) in [6.45, 7) is 5.05. The second-order valence-corrected chi connectivity index (χ2v) is 5.68. The summed E-state index contributed by atoms with van der Waals surface area (Å²) in [5.41, 5.74) is 6.07. The van der Waals surface area contributed by atoms with Gasteiger partial charge in [0.15, 0.2) is 0 Å². The molecule has 1 aromatic rings. The first-order chi connectivity index (χ1) is 9.92. The molecule has 0 aliphatic heterocycles. The first kappa shape index (κ1) is 17.2. The summed E-state index contributed by atoms with van der Waals surface area (Å²) in [4.78, 5) is 22.7. The molecule has 1 aromatic carbocycles. The third-order valence-corrected chi connectivity index (χ3v) is 3.68. The number of rotatable bonds is 6. The second-order valence-electron chi connectivity index (χ2n) is 3.84. The molecule has 0 heterocycles. The van der Waals surface area contributed by atoms with Gasteiger partial charge in [0.05, 0.1) is 10.1 Å². The molecule has 7 heteroatoms. The number of amides is 1. The Labute approximate surface area is 132 Å². The van der Waals surface area contributed by atoms with Crippen LogP contribution in [-0.4, -0.2) is 18.1 Å². The predicted molar refractivity (Wildman–Crippen MR) is 87.7 cm³/mol. The van der Waals surface area contributed by atoms with Crippen molar-refractivity contribution >= 4 is 35.4 Å². The van der Waals surface area contributed by atoms with E-state index in [-0.39, 0.29) is 5.91 Å². The highest BCUT2D eigenvalue weighted by molar-refractivity contribution is 8.07. The van der Waals surface area contributed by atoms with Gasteiger partial charge >= 0.3 is 5.97 Å². The van der Waals surface area contributed by atoms with Gasteiger partial charge in [-0.1, -0.05) is 18.3 Å². The van der Waals surface area contributed by atoms with Gasteiger partial charge in [-0.15, -0.1) is 11.8 Å². The van der Waals surface area contributed by atoms with E-state index < -0.39 is 5.97 Å². The molecule has 0 spiro atoms. The normalized spacial score (nSPS) is 10.9. The van der Waals surface area contributed by atoms with Gasteiger partial charge in [0.25, 0.3) is 5.91 Å². The van der Waals surface area contributed by atoms with Crippen LogP contribution in [0.2, 0.25) is 0 Å². The minimum atomic E-state index is -0.407. The van der Waals surface area contributed by atoms with Gasteiger partial charge in [-0.05, 0) is 30.5 Å². The van der Waals surface area contributed by atoms with Gasteiger partial charge in [0.1, 0.15) is 5.75 Å². The molecule has 0 aliphatic rings. The maximum absolute atomic E-state index is 12.0. The quantitative estimate of drug-likeness (QED) is 0.618. The van der Waals surface area contributed by atoms with Crippen LogP contribution in [0, 0.1) is 0 Å². The summed E-state index contributed by atoms with van der Waals surface area (Å²) in [5, 5.41) is 5.47. The highest BCUT2D eigenvalue weighted by Crippen LogP contribution is 2.18. The van der Waals surface area contributed by atoms with Crippen LogP contribution < -0.4 is 15.8 Å². The number of carbonyl (C=O) groups is 2. The lowest BCUT2D eigenvalue weighted by atomic mass is 10.2. The monoisotopic (exact) mass is 324 g/mol. The van der Waals surface area contributed by atoms with Crippen molar-refractivity contribution in [1.82, 2.24) is 5.32 Å². The second kappa shape index (κ2) is 8.43. The number of nitrogens with two attached hydrogens (primary N) is 1. The Kier molecular flexibility index (Phi) is 6.90. The van der Waals surface area contributed by atoms with E-state index >= 15 is 0 Å². The Bertz CT molecular complexity index is 568. The molecule has 0 atom stereocenters. The molecule has 0 radical (unpaired) electrons. The van der Waals surface area contributed by atoms with Crippen molar-refractivity contribution in [3.63, 3.8) is 0 Å². The topological polar surface area (TPSA) is 81.4 Å². The van der Waals surface area contributed by atoms with Crippen molar-refractivity contribution in [2.75, 3.05) is 6.26 Å². The lowest BCUT2D eigenvalue weighted by molar-refractivity contribution is -0.131. The Morgan fingerprint density at radius 2 is 1.95 bits per heavy atom. The molecule has 0 saturated carbocycles. The molecule has 1 rings (SSSR count). The molecular weight excluding hydrogens is 308 g/mol. The number of ether oxygens (including phenoxy) is 1. The number of thioether (sulfide) groups is 2. The zero-order chi connectivity index (χ0) is 15.8. The molecular formula is C14H16N2O3S2. The van der Waals surface area contributed by atoms with E-state index in [1.54, 1.807) is 29.7 Å². The average Bonchev–Trinajstić information content (AvgIpc) is 2.44. The van der Waals surface area contributed by atoms with E-state index in [4.69, 9.17) is 10.5 Å². The summed E-state index contributed by atoms with van der Waals surface area (Å²) in [6.07, 6.45) is 1.86. The summed E-state index contributed by atoms with van der Waals surface area (Å²) in [5.74, 6) is -0.309. The Balaban J connectivity index is 2.59. The highest BCUT2D eigenvalue weighted by atomic mass is 32.2. The van der Waals surface area contributed by atoms with Crippen molar-refractivity contribution in [2.45, 2.75) is 6.92 Å². The fourth-order valence-corrected chi connectivity index (χ4v) is 2.19. The molecule has 0 bridgehead atoms. The largest absolute Gasteiger partial charge is 0.427 e. The van der Waals surface area contributed by atoms with Crippen molar-refractivity contribution in [3.8, 4) is 5.75 Å². The van der Waals surface area contributed by atoms with Crippen LogP contribution in [0.25, 0.3) is 0 Å². The van der Waals surface area contributed by atoms with Gasteiger partial charge in [-0.2, -0.15) is 0 Å². The third-order valence-electron chi connectivity index (χ3n) is 2.18. The molecule has 21 heavy (non-hydrogen) atoms. The first-order valence-corrected chi connectivity index (χ1v) is 7.98. The summed E-state index contributed by atoms with van der Waals surface area (Å²) in [7, 11) is 0. The van der Waals surface area contributed by atoms with Gasteiger partial charge in [-0.25, -0.2) is 0 Å². The van der Waals surface area contributed by atoms with Gasteiger partial charge in [0.2, 0.25) is 0 Å². The fourth-order valence-electron chi connectivity index (χ4n) is 1.25. The van der Waals surface area contributed by atoms with E-state index in [1.165, 1.54) is 30.4 Å². The zero-order valence-corrected chi connectivity index (χ0v) is 13.3. The number of benzene rings is 1. The molecule has 112 valence electrons. The minimum absolute atomic E-state index is 0.294. The van der Waals surface area contributed by atoms with Crippen LogP contribution in [0.1, 0.15) is 17.3 Å². The van der Waals surface area contributed by atoms with Crippen LogP contribution in [0.4, 0.5) is 0 Å². The fraction of sp³-hybridized carbons (Fsp3) is 0.143. The zero-order valence-electron chi connectivity index (χ0n) is 11.7. The van der Waals surface area contributed by atoms with Gasteiger partial charge in [0, 0.05) is 17.9 Å². The summed E-state index contributed by atoms with van der Waals surface area (Å²) in [6, 6.07) is 6.24. The minimum Gasteiger partial charge on any atom is -0.427 e. The predicted octanol–water partition coefficient (Wildman–Crippen LogP) is 2.67. The van der Waals surface area contributed by atoms with Crippen LogP contribution >= 0.6 is 23.5 Å². The van der Waals surface area contributed by atoms with Crippen LogP contribution in [0.15, 0.2) is 46.3 Å². The number of hydrogen-bond acceptors (Lipinski definition) is 6. The van der Waals surface area contributed by atoms with Crippen LogP contribution in [0.5, 0.6) is 5.75 Å². The molecule has 5 nitrogen and oxygen atoms in total. The lowest BCUT2D eigenvalue weighted by Gasteiger charge is -2.07.